The van der Waals surface area contributed by atoms with Crippen LogP contribution in [-0.2, 0) is 0 Å². The van der Waals surface area contributed by atoms with Crippen LogP contribution in [0.2, 0.25) is 0 Å². The zero-order valence-corrected chi connectivity index (χ0v) is 10.7. The number of likely N-dealkylation sites (tertiary alicyclic amines) is 1. The molecule has 0 aromatic carbocycles. The molecule has 15 heavy (non-hydrogen) atoms. The average Bonchev–Trinajstić information content (AvgIpc) is 2.77. The number of fused-ring (bicyclic) bond motifs is 1. The molecule has 2 rings (SSSR count). The molecule has 86 valence electrons. The van der Waals surface area contributed by atoms with E-state index in [4.69, 9.17) is 0 Å². The molecule has 0 aromatic heterocycles. The van der Waals surface area contributed by atoms with Crippen molar-refractivity contribution in [3.8, 4) is 0 Å². The summed E-state index contributed by atoms with van der Waals surface area (Å²) in [5, 5.41) is 0. The molecule has 2 fully saturated rings. The van der Waals surface area contributed by atoms with Crippen molar-refractivity contribution in [2.24, 2.45) is 11.8 Å². The molecule has 1 aliphatic carbocycles. The van der Waals surface area contributed by atoms with E-state index in [1.807, 2.05) is 0 Å². The van der Waals surface area contributed by atoms with E-state index in [0.29, 0.717) is 5.54 Å². The molecular formula is C14H25N. The lowest BCUT2D eigenvalue weighted by Crippen LogP contribution is -2.30. The second-order valence-electron chi connectivity index (χ2n) is 5.38. The predicted octanol–water partition coefficient (Wildman–Crippen LogP) is 3.81. The number of nitrogens with zero attached hydrogens (tertiary/aromatic N) is 1. The summed E-state index contributed by atoms with van der Waals surface area (Å²) in [5.41, 5.74) is 1.80. The number of rotatable bonds is 4. The highest BCUT2D eigenvalue weighted by molar-refractivity contribution is 5.30. The van der Waals surface area contributed by atoms with E-state index in [1.165, 1.54) is 31.4 Å². The third kappa shape index (κ3) is 1.21. The van der Waals surface area contributed by atoms with Gasteiger partial charge in [0.15, 0.2) is 0 Å². The maximum absolute atomic E-state index is 4.14. The SMILES string of the molecule is C=C(C)N1C2CC(CC)C(CC)C21CC. The van der Waals surface area contributed by atoms with Crippen LogP contribution in [0.25, 0.3) is 0 Å². The normalized spacial score (nSPS) is 42.9. The van der Waals surface area contributed by atoms with E-state index in [-0.39, 0.29) is 0 Å². The molecule has 0 aromatic rings. The molecule has 0 spiro atoms. The summed E-state index contributed by atoms with van der Waals surface area (Å²) >= 11 is 0. The molecule has 2 aliphatic rings. The van der Waals surface area contributed by atoms with Crippen molar-refractivity contribution in [3.63, 3.8) is 0 Å². The molecule has 1 aliphatic heterocycles. The van der Waals surface area contributed by atoms with E-state index >= 15 is 0 Å². The van der Waals surface area contributed by atoms with Gasteiger partial charge in [-0.25, -0.2) is 0 Å². The van der Waals surface area contributed by atoms with Crippen LogP contribution in [0.3, 0.4) is 0 Å². The van der Waals surface area contributed by atoms with Crippen molar-refractivity contribution >= 4 is 0 Å². The van der Waals surface area contributed by atoms with Crippen LogP contribution in [0.15, 0.2) is 12.3 Å². The molecular weight excluding hydrogens is 182 g/mol. The smallest absolute Gasteiger partial charge is 0.0634 e. The highest BCUT2D eigenvalue weighted by Crippen LogP contribution is 2.63. The summed E-state index contributed by atoms with van der Waals surface area (Å²) in [5.74, 6) is 1.88. The third-order valence-electron chi connectivity index (χ3n) is 4.95. The highest BCUT2D eigenvalue weighted by Gasteiger charge is 2.70. The Morgan fingerprint density at radius 3 is 2.40 bits per heavy atom. The fourth-order valence-corrected chi connectivity index (χ4v) is 4.43. The molecule has 0 bridgehead atoms. The summed E-state index contributed by atoms with van der Waals surface area (Å²) in [6, 6.07) is 0.829. The molecule has 1 heteroatoms. The Morgan fingerprint density at radius 1 is 1.33 bits per heavy atom. The van der Waals surface area contributed by atoms with E-state index in [1.54, 1.807) is 0 Å². The first kappa shape index (κ1) is 11.0. The average molecular weight is 207 g/mol. The van der Waals surface area contributed by atoms with Crippen molar-refractivity contribution in [3.05, 3.63) is 12.3 Å². The van der Waals surface area contributed by atoms with Crippen LogP contribution in [0.1, 0.15) is 53.4 Å². The molecule has 1 saturated heterocycles. The Balaban J connectivity index is 2.22. The van der Waals surface area contributed by atoms with E-state index in [9.17, 15) is 0 Å². The molecule has 1 nitrogen and oxygen atoms in total. The first-order chi connectivity index (χ1) is 7.13. The van der Waals surface area contributed by atoms with Crippen molar-refractivity contribution < 1.29 is 0 Å². The van der Waals surface area contributed by atoms with Crippen molar-refractivity contribution in [2.75, 3.05) is 0 Å². The zero-order valence-electron chi connectivity index (χ0n) is 10.7. The topological polar surface area (TPSA) is 3.01 Å². The molecule has 0 radical (unpaired) electrons. The van der Waals surface area contributed by atoms with Crippen molar-refractivity contribution in [1.82, 2.24) is 4.90 Å². The standard InChI is InChI=1S/C14H25N/c1-6-11-9-13-14(8-3,12(11)7-2)15(13)10(4)5/h11-13H,4,6-9H2,1-3,5H3. The molecule has 1 heterocycles. The van der Waals surface area contributed by atoms with Crippen LogP contribution in [-0.4, -0.2) is 16.5 Å². The summed E-state index contributed by atoms with van der Waals surface area (Å²) in [6.07, 6.45) is 5.42. The van der Waals surface area contributed by atoms with Gasteiger partial charge in [-0.2, -0.15) is 0 Å². The Bertz CT molecular complexity index is 271. The van der Waals surface area contributed by atoms with E-state index in [2.05, 4.69) is 39.2 Å². The summed E-state index contributed by atoms with van der Waals surface area (Å²) in [6.45, 7) is 13.4. The van der Waals surface area contributed by atoms with Gasteiger partial charge in [-0.3, -0.25) is 0 Å². The molecule has 1 saturated carbocycles. The Kier molecular flexibility index (Phi) is 2.60. The van der Waals surface area contributed by atoms with Gasteiger partial charge < -0.3 is 4.90 Å². The largest absolute Gasteiger partial charge is 0.362 e. The summed E-state index contributed by atoms with van der Waals surface area (Å²) < 4.78 is 0. The number of hydrogen-bond donors (Lipinski definition) is 0. The lowest BCUT2D eigenvalue weighted by Gasteiger charge is -2.30. The highest BCUT2D eigenvalue weighted by atomic mass is 15.4. The first-order valence-corrected chi connectivity index (χ1v) is 6.58. The number of piperidine rings is 1. The predicted molar refractivity (Wildman–Crippen MR) is 65.6 cm³/mol. The Labute approximate surface area is 94.5 Å². The van der Waals surface area contributed by atoms with Gasteiger partial charge in [0, 0.05) is 5.70 Å². The summed E-state index contributed by atoms with van der Waals surface area (Å²) in [4.78, 5) is 2.60. The van der Waals surface area contributed by atoms with Gasteiger partial charge in [0.1, 0.15) is 0 Å². The third-order valence-corrected chi connectivity index (χ3v) is 4.95. The van der Waals surface area contributed by atoms with Crippen molar-refractivity contribution in [1.29, 1.82) is 0 Å². The fraction of sp³-hybridized carbons (Fsp3) is 0.857. The van der Waals surface area contributed by atoms with E-state index < -0.39 is 0 Å². The van der Waals surface area contributed by atoms with Crippen LogP contribution in [0.5, 0.6) is 0 Å². The molecule has 4 atom stereocenters. The minimum Gasteiger partial charge on any atom is -0.362 e. The van der Waals surface area contributed by atoms with Gasteiger partial charge in [-0.15, -0.1) is 0 Å². The zero-order chi connectivity index (χ0) is 11.2. The van der Waals surface area contributed by atoms with Crippen LogP contribution < -0.4 is 0 Å². The maximum Gasteiger partial charge on any atom is 0.0634 e. The Morgan fingerprint density at radius 2 is 2.00 bits per heavy atom. The van der Waals surface area contributed by atoms with Gasteiger partial charge in [0.05, 0.1) is 11.6 Å². The minimum atomic E-state index is 0.515. The second-order valence-corrected chi connectivity index (χ2v) is 5.38. The van der Waals surface area contributed by atoms with Gasteiger partial charge in [0.2, 0.25) is 0 Å². The van der Waals surface area contributed by atoms with Gasteiger partial charge in [-0.1, -0.05) is 40.2 Å². The molecule has 0 amide bonds. The maximum atomic E-state index is 4.14. The Hall–Kier alpha value is -0.460. The van der Waals surface area contributed by atoms with E-state index in [0.717, 1.165) is 17.9 Å². The van der Waals surface area contributed by atoms with Crippen LogP contribution in [0.4, 0.5) is 0 Å². The quantitative estimate of drug-likeness (QED) is 0.633. The van der Waals surface area contributed by atoms with Crippen molar-refractivity contribution in [2.45, 2.75) is 65.0 Å². The first-order valence-electron chi connectivity index (χ1n) is 6.58. The lowest BCUT2D eigenvalue weighted by atomic mass is 9.81. The van der Waals surface area contributed by atoms with Gasteiger partial charge in [0.25, 0.3) is 0 Å². The lowest BCUT2D eigenvalue weighted by molar-refractivity contribution is 0.215. The second kappa shape index (κ2) is 3.54. The van der Waals surface area contributed by atoms with Gasteiger partial charge >= 0.3 is 0 Å². The van der Waals surface area contributed by atoms with Crippen LogP contribution in [0, 0.1) is 11.8 Å². The molecule has 4 unspecified atom stereocenters. The minimum absolute atomic E-state index is 0.515. The fourth-order valence-electron chi connectivity index (χ4n) is 4.43. The number of allylic oxidation sites excluding steroid dienone is 1. The van der Waals surface area contributed by atoms with Crippen LogP contribution >= 0.6 is 0 Å². The summed E-state index contributed by atoms with van der Waals surface area (Å²) in [7, 11) is 0. The number of hydrogen-bond acceptors (Lipinski definition) is 1. The van der Waals surface area contributed by atoms with Gasteiger partial charge in [-0.05, 0) is 31.6 Å². The monoisotopic (exact) mass is 207 g/mol. The molecule has 0 N–H and O–H groups in total.